The maximum atomic E-state index is 11.8. The summed E-state index contributed by atoms with van der Waals surface area (Å²) in [4.78, 5) is 23.2. The van der Waals surface area contributed by atoms with Crippen molar-refractivity contribution in [3.8, 4) is 11.5 Å². The van der Waals surface area contributed by atoms with Crippen molar-refractivity contribution < 1.29 is 28.5 Å². The molecule has 0 aliphatic heterocycles. The number of carbonyl (C=O) groups is 2. The fourth-order valence-corrected chi connectivity index (χ4v) is 1.84. The van der Waals surface area contributed by atoms with E-state index in [0.29, 0.717) is 18.1 Å². The van der Waals surface area contributed by atoms with Gasteiger partial charge in [-0.3, -0.25) is 0 Å². The van der Waals surface area contributed by atoms with Gasteiger partial charge in [0, 0.05) is 0 Å². The highest BCUT2D eigenvalue weighted by atomic mass is 16.6. The number of unbranched alkanes of at least 4 members (excludes halogenated alkanes) is 2. The van der Waals surface area contributed by atoms with Gasteiger partial charge in [-0.25, -0.2) is 9.59 Å². The fraction of sp³-hybridized carbons (Fsp3) is 0.556. The molecule has 6 nitrogen and oxygen atoms in total. The average Bonchev–Trinajstić information content (AvgIpc) is 2.53. The molecule has 0 unspecified atom stereocenters. The summed E-state index contributed by atoms with van der Waals surface area (Å²) in [7, 11) is 0. The van der Waals surface area contributed by atoms with Gasteiger partial charge in [-0.05, 0) is 32.4 Å². The summed E-state index contributed by atoms with van der Waals surface area (Å²) >= 11 is 0. The van der Waals surface area contributed by atoms with Crippen LogP contribution >= 0.6 is 0 Å². The summed E-state index contributed by atoms with van der Waals surface area (Å²) in [5.74, 6) is -0.283. The van der Waals surface area contributed by atoms with Crippen LogP contribution in [0.15, 0.2) is 24.3 Å². The molecule has 0 aliphatic carbocycles. The smallest absolute Gasteiger partial charge is 0.337 e. The Bertz CT molecular complexity index is 512. The normalized spacial score (nSPS) is 10.5. The van der Waals surface area contributed by atoms with Crippen molar-refractivity contribution in [2.24, 2.45) is 0 Å². The molecule has 1 aromatic carbocycles. The van der Waals surface area contributed by atoms with Crippen LogP contribution in [0, 0.1) is 0 Å². The van der Waals surface area contributed by atoms with Gasteiger partial charge in [-0.1, -0.05) is 31.9 Å². The molecule has 0 fully saturated rings. The molecule has 1 aromatic rings. The molecule has 0 saturated heterocycles. The van der Waals surface area contributed by atoms with Crippen LogP contribution in [0.1, 0.15) is 40.0 Å². The second kappa shape index (κ2) is 11.5. The molecule has 0 amide bonds. The van der Waals surface area contributed by atoms with Crippen molar-refractivity contribution in [3.05, 3.63) is 24.3 Å². The van der Waals surface area contributed by atoms with Crippen molar-refractivity contribution in [2.75, 3.05) is 19.8 Å². The predicted molar refractivity (Wildman–Crippen MR) is 89.1 cm³/mol. The van der Waals surface area contributed by atoms with Gasteiger partial charge in [0.1, 0.15) is 13.2 Å². The van der Waals surface area contributed by atoms with Crippen molar-refractivity contribution in [3.63, 3.8) is 0 Å². The van der Waals surface area contributed by atoms with Gasteiger partial charge in [0.25, 0.3) is 0 Å². The Morgan fingerprint density at radius 1 is 1.00 bits per heavy atom. The molecule has 0 heterocycles. The molecule has 0 N–H and O–H groups in total. The minimum atomic E-state index is -0.603. The molecular weight excluding hydrogens is 312 g/mol. The van der Waals surface area contributed by atoms with Crippen LogP contribution in [0.4, 0.5) is 0 Å². The third kappa shape index (κ3) is 8.53. The summed E-state index contributed by atoms with van der Waals surface area (Å²) in [5, 5.41) is 0. The first-order valence-corrected chi connectivity index (χ1v) is 8.22. The van der Waals surface area contributed by atoms with Crippen molar-refractivity contribution >= 4 is 11.9 Å². The molecule has 24 heavy (non-hydrogen) atoms. The Hall–Kier alpha value is -2.08. The first-order chi connectivity index (χ1) is 11.5. The second-order valence-corrected chi connectivity index (χ2v) is 5.51. The number of rotatable bonds is 11. The van der Waals surface area contributed by atoms with Gasteiger partial charge in [0.15, 0.2) is 11.5 Å². The number of benzene rings is 1. The van der Waals surface area contributed by atoms with E-state index in [9.17, 15) is 9.59 Å². The lowest BCUT2D eigenvalue weighted by atomic mass is 10.3. The van der Waals surface area contributed by atoms with E-state index < -0.39 is 11.9 Å². The standard InChI is InChI=1S/C18H26O6/c1-4-5-8-11-22-17(19)12-21-13-18(20)24-16-10-7-6-9-15(16)23-14(2)3/h6-7,9-10,14H,4-5,8,11-13H2,1-3H3. The molecule has 6 heteroatoms. The first kappa shape index (κ1) is 20.0. The predicted octanol–water partition coefficient (Wildman–Crippen LogP) is 3.13. The highest BCUT2D eigenvalue weighted by Gasteiger charge is 2.12. The largest absolute Gasteiger partial charge is 0.487 e. The summed E-state index contributed by atoms with van der Waals surface area (Å²) < 4.78 is 20.7. The van der Waals surface area contributed by atoms with E-state index in [2.05, 4.69) is 6.92 Å². The molecule has 134 valence electrons. The molecule has 0 atom stereocenters. The first-order valence-electron chi connectivity index (χ1n) is 8.22. The Kier molecular flexibility index (Phi) is 9.53. The van der Waals surface area contributed by atoms with E-state index in [0.717, 1.165) is 19.3 Å². The summed E-state index contributed by atoms with van der Waals surface area (Å²) in [6.07, 6.45) is 2.86. The van der Waals surface area contributed by atoms with Crippen LogP contribution < -0.4 is 9.47 Å². The lowest BCUT2D eigenvalue weighted by Crippen LogP contribution is -2.21. The third-order valence-corrected chi connectivity index (χ3v) is 2.89. The van der Waals surface area contributed by atoms with E-state index in [1.54, 1.807) is 24.3 Å². The lowest BCUT2D eigenvalue weighted by molar-refractivity contribution is -0.152. The Morgan fingerprint density at radius 2 is 1.67 bits per heavy atom. The van der Waals surface area contributed by atoms with Crippen LogP contribution in [0.5, 0.6) is 11.5 Å². The summed E-state index contributed by atoms with van der Waals surface area (Å²) in [6, 6.07) is 6.89. The number of esters is 2. The average molecular weight is 338 g/mol. The van der Waals surface area contributed by atoms with Gasteiger partial charge in [-0.15, -0.1) is 0 Å². The van der Waals surface area contributed by atoms with Crippen molar-refractivity contribution in [1.29, 1.82) is 0 Å². The van der Waals surface area contributed by atoms with Crippen LogP contribution in [-0.4, -0.2) is 37.9 Å². The van der Waals surface area contributed by atoms with Gasteiger partial charge in [0.05, 0.1) is 12.7 Å². The van der Waals surface area contributed by atoms with Crippen molar-refractivity contribution in [1.82, 2.24) is 0 Å². The molecule has 0 aromatic heterocycles. The molecule has 1 rings (SSSR count). The quantitative estimate of drug-likeness (QED) is 0.351. The zero-order chi connectivity index (χ0) is 17.8. The highest BCUT2D eigenvalue weighted by molar-refractivity contribution is 5.75. The highest BCUT2D eigenvalue weighted by Crippen LogP contribution is 2.27. The number of ether oxygens (including phenoxy) is 4. The minimum Gasteiger partial charge on any atom is -0.487 e. The van der Waals surface area contributed by atoms with E-state index >= 15 is 0 Å². The van der Waals surface area contributed by atoms with E-state index in [1.165, 1.54) is 0 Å². The lowest BCUT2D eigenvalue weighted by Gasteiger charge is -2.13. The van der Waals surface area contributed by atoms with Gasteiger partial charge >= 0.3 is 11.9 Å². The number of hydrogen-bond acceptors (Lipinski definition) is 6. The van der Waals surface area contributed by atoms with Crippen molar-refractivity contribution in [2.45, 2.75) is 46.1 Å². The summed E-state index contributed by atoms with van der Waals surface area (Å²) in [5.41, 5.74) is 0. The molecule has 0 radical (unpaired) electrons. The Morgan fingerprint density at radius 3 is 2.33 bits per heavy atom. The monoisotopic (exact) mass is 338 g/mol. The van der Waals surface area contributed by atoms with Crippen LogP contribution in [0.25, 0.3) is 0 Å². The van der Waals surface area contributed by atoms with E-state index in [-0.39, 0.29) is 19.3 Å². The molecule has 0 spiro atoms. The molecule has 0 saturated carbocycles. The van der Waals surface area contributed by atoms with Gasteiger partial charge in [-0.2, -0.15) is 0 Å². The molecular formula is C18H26O6. The van der Waals surface area contributed by atoms with Gasteiger partial charge in [0.2, 0.25) is 0 Å². The topological polar surface area (TPSA) is 71.1 Å². The second-order valence-electron chi connectivity index (χ2n) is 5.51. The third-order valence-electron chi connectivity index (χ3n) is 2.89. The summed E-state index contributed by atoms with van der Waals surface area (Å²) in [6.45, 7) is 5.61. The van der Waals surface area contributed by atoms with Crippen LogP contribution in [-0.2, 0) is 19.1 Å². The maximum absolute atomic E-state index is 11.8. The SMILES string of the molecule is CCCCCOC(=O)COCC(=O)Oc1ccccc1OC(C)C. The van der Waals surface area contributed by atoms with E-state index in [1.807, 2.05) is 13.8 Å². The fourth-order valence-electron chi connectivity index (χ4n) is 1.84. The molecule has 0 bridgehead atoms. The number of para-hydroxylation sites is 2. The maximum Gasteiger partial charge on any atom is 0.337 e. The zero-order valence-corrected chi connectivity index (χ0v) is 14.6. The van der Waals surface area contributed by atoms with Crippen LogP contribution in [0.3, 0.4) is 0 Å². The minimum absolute atomic E-state index is 0.0384. The number of hydrogen-bond donors (Lipinski definition) is 0. The number of carbonyl (C=O) groups excluding carboxylic acids is 2. The van der Waals surface area contributed by atoms with Crippen LogP contribution in [0.2, 0.25) is 0 Å². The Labute approximate surface area is 143 Å². The Balaban J connectivity index is 2.30. The van der Waals surface area contributed by atoms with E-state index in [4.69, 9.17) is 18.9 Å². The van der Waals surface area contributed by atoms with Gasteiger partial charge < -0.3 is 18.9 Å². The molecule has 0 aliphatic rings. The zero-order valence-electron chi connectivity index (χ0n) is 14.6.